The standard InChI is InChI=1S/C22H16N2O/c1-25-17-9-6-8-16(13-17)21-14-15-7-2-3-10-18(15)22-19-11-4-5-12-20(19)23-24(21)22/h2-14H,1H3. The van der Waals surface area contributed by atoms with Gasteiger partial charge < -0.3 is 4.74 Å². The lowest BCUT2D eigenvalue weighted by atomic mass is 10.0. The van der Waals surface area contributed by atoms with Gasteiger partial charge in [0.1, 0.15) is 5.75 Å². The summed E-state index contributed by atoms with van der Waals surface area (Å²) in [5, 5.41) is 8.46. The molecule has 0 saturated carbocycles. The van der Waals surface area contributed by atoms with Gasteiger partial charge in [-0.15, -0.1) is 0 Å². The molecule has 5 aromatic rings. The number of benzene rings is 3. The summed E-state index contributed by atoms with van der Waals surface area (Å²) in [6.07, 6.45) is 0. The van der Waals surface area contributed by atoms with Crippen LogP contribution in [0.2, 0.25) is 0 Å². The third kappa shape index (κ3) is 2.09. The predicted octanol–water partition coefficient (Wildman–Crippen LogP) is 5.32. The van der Waals surface area contributed by atoms with Gasteiger partial charge in [-0.2, -0.15) is 5.10 Å². The van der Waals surface area contributed by atoms with Gasteiger partial charge >= 0.3 is 0 Å². The molecule has 2 aromatic heterocycles. The Morgan fingerprint density at radius 1 is 0.800 bits per heavy atom. The first-order chi connectivity index (χ1) is 12.3. The van der Waals surface area contributed by atoms with Crippen molar-refractivity contribution in [3.63, 3.8) is 0 Å². The van der Waals surface area contributed by atoms with Crippen LogP contribution < -0.4 is 4.74 Å². The summed E-state index contributed by atoms with van der Waals surface area (Å²) in [7, 11) is 1.69. The monoisotopic (exact) mass is 324 g/mol. The fourth-order valence-electron chi connectivity index (χ4n) is 3.50. The molecule has 0 unspecified atom stereocenters. The Bertz CT molecular complexity index is 1240. The van der Waals surface area contributed by atoms with Crippen LogP contribution >= 0.6 is 0 Å². The molecule has 0 saturated heterocycles. The highest BCUT2D eigenvalue weighted by Gasteiger charge is 2.13. The average molecular weight is 324 g/mol. The highest BCUT2D eigenvalue weighted by molar-refractivity contribution is 6.10. The zero-order chi connectivity index (χ0) is 16.8. The Morgan fingerprint density at radius 3 is 2.48 bits per heavy atom. The van der Waals surface area contributed by atoms with E-state index in [0.717, 1.165) is 28.0 Å². The Balaban J connectivity index is 1.98. The van der Waals surface area contributed by atoms with E-state index in [9.17, 15) is 0 Å². The largest absolute Gasteiger partial charge is 0.497 e. The summed E-state index contributed by atoms with van der Waals surface area (Å²) in [6.45, 7) is 0. The topological polar surface area (TPSA) is 26.5 Å². The van der Waals surface area contributed by atoms with Crippen LogP contribution in [-0.4, -0.2) is 16.7 Å². The number of hydrogen-bond donors (Lipinski definition) is 0. The van der Waals surface area contributed by atoms with Gasteiger partial charge in [-0.05, 0) is 29.7 Å². The van der Waals surface area contributed by atoms with Gasteiger partial charge in [-0.1, -0.05) is 54.6 Å². The summed E-state index contributed by atoms with van der Waals surface area (Å²) < 4.78 is 7.46. The first-order valence-electron chi connectivity index (χ1n) is 8.29. The van der Waals surface area contributed by atoms with Gasteiger partial charge in [0.15, 0.2) is 0 Å². The molecule has 120 valence electrons. The summed E-state index contributed by atoms with van der Waals surface area (Å²) >= 11 is 0. The molecule has 0 aliphatic heterocycles. The molecular weight excluding hydrogens is 308 g/mol. The SMILES string of the molecule is COc1cccc(-c2cc3ccccc3c3c4ccccc4nn23)c1. The Labute approximate surface area is 145 Å². The number of rotatable bonds is 2. The van der Waals surface area contributed by atoms with Crippen molar-refractivity contribution in [1.29, 1.82) is 0 Å². The van der Waals surface area contributed by atoms with Gasteiger partial charge in [-0.3, -0.25) is 0 Å². The minimum absolute atomic E-state index is 0.843. The molecule has 3 heteroatoms. The third-order valence-corrected chi connectivity index (χ3v) is 4.68. The number of pyridine rings is 1. The number of ether oxygens (including phenoxy) is 1. The van der Waals surface area contributed by atoms with Crippen molar-refractivity contribution >= 4 is 27.2 Å². The second-order valence-corrected chi connectivity index (χ2v) is 6.13. The molecule has 0 atom stereocenters. The average Bonchev–Trinajstić information content (AvgIpc) is 3.07. The van der Waals surface area contributed by atoms with E-state index >= 15 is 0 Å². The van der Waals surface area contributed by atoms with Crippen molar-refractivity contribution in [3.8, 4) is 17.0 Å². The maximum Gasteiger partial charge on any atom is 0.119 e. The Morgan fingerprint density at radius 2 is 1.60 bits per heavy atom. The fraction of sp³-hybridized carbons (Fsp3) is 0.0455. The maximum absolute atomic E-state index is 5.41. The number of fused-ring (bicyclic) bond motifs is 5. The van der Waals surface area contributed by atoms with Crippen LogP contribution in [-0.2, 0) is 0 Å². The van der Waals surface area contributed by atoms with E-state index in [1.54, 1.807) is 7.11 Å². The van der Waals surface area contributed by atoms with Crippen molar-refractivity contribution in [2.45, 2.75) is 0 Å². The van der Waals surface area contributed by atoms with E-state index in [1.165, 1.54) is 16.2 Å². The molecule has 0 fully saturated rings. The minimum atomic E-state index is 0.843. The molecule has 3 aromatic carbocycles. The van der Waals surface area contributed by atoms with Gasteiger partial charge in [-0.25, -0.2) is 4.52 Å². The molecular formula is C22H16N2O. The van der Waals surface area contributed by atoms with E-state index in [1.807, 2.05) is 18.2 Å². The fourth-order valence-corrected chi connectivity index (χ4v) is 3.50. The molecule has 0 aliphatic carbocycles. The molecule has 0 spiro atoms. The molecule has 3 nitrogen and oxygen atoms in total. The van der Waals surface area contributed by atoms with Crippen LogP contribution in [0.1, 0.15) is 0 Å². The lowest BCUT2D eigenvalue weighted by Gasteiger charge is -2.10. The summed E-state index contributed by atoms with van der Waals surface area (Å²) in [4.78, 5) is 0. The van der Waals surface area contributed by atoms with Crippen molar-refractivity contribution in [2.24, 2.45) is 0 Å². The summed E-state index contributed by atoms with van der Waals surface area (Å²) in [5.41, 5.74) is 4.29. The molecule has 25 heavy (non-hydrogen) atoms. The molecule has 5 rings (SSSR count). The lowest BCUT2D eigenvalue weighted by Crippen LogP contribution is -1.95. The molecule has 0 aliphatic rings. The van der Waals surface area contributed by atoms with Crippen LogP contribution in [0.5, 0.6) is 5.75 Å². The van der Waals surface area contributed by atoms with E-state index in [-0.39, 0.29) is 0 Å². The number of nitrogens with zero attached hydrogens (tertiary/aromatic N) is 2. The van der Waals surface area contributed by atoms with E-state index in [0.29, 0.717) is 0 Å². The number of methoxy groups -OCH3 is 1. The number of hydrogen-bond acceptors (Lipinski definition) is 2. The Kier molecular flexibility index (Phi) is 3.01. The maximum atomic E-state index is 5.41. The minimum Gasteiger partial charge on any atom is -0.497 e. The molecule has 0 radical (unpaired) electrons. The Hall–Kier alpha value is -3.33. The van der Waals surface area contributed by atoms with Gasteiger partial charge in [0, 0.05) is 16.3 Å². The molecule has 0 bridgehead atoms. The summed E-state index contributed by atoms with van der Waals surface area (Å²) in [5.74, 6) is 0.843. The first kappa shape index (κ1) is 14.1. The van der Waals surface area contributed by atoms with E-state index < -0.39 is 0 Å². The first-order valence-corrected chi connectivity index (χ1v) is 8.29. The summed E-state index contributed by atoms with van der Waals surface area (Å²) in [6, 6.07) is 27.1. The quantitative estimate of drug-likeness (QED) is 0.439. The van der Waals surface area contributed by atoms with Gasteiger partial charge in [0.2, 0.25) is 0 Å². The van der Waals surface area contributed by atoms with E-state index in [2.05, 4.69) is 65.2 Å². The van der Waals surface area contributed by atoms with Crippen molar-refractivity contribution < 1.29 is 4.74 Å². The van der Waals surface area contributed by atoms with Crippen LogP contribution in [0.15, 0.2) is 78.9 Å². The normalized spacial score (nSPS) is 11.4. The van der Waals surface area contributed by atoms with Crippen molar-refractivity contribution in [2.75, 3.05) is 7.11 Å². The highest BCUT2D eigenvalue weighted by Crippen LogP contribution is 2.33. The number of aromatic nitrogens is 2. The predicted molar refractivity (Wildman–Crippen MR) is 102 cm³/mol. The molecule has 0 amide bonds. The highest BCUT2D eigenvalue weighted by atomic mass is 16.5. The van der Waals surface area contributed by atoms with Crippen molar-refractivity contribution in [3.05, 3.63) is 78.9 Å². The van der Waals surface area contributed by atoms with Gasteiger partial charge in [0.05, 0.1) is 23.8 Å². The second kappa shape index (κ2) is 5.35. The molecule has 2 heterocycles. The van der Waals surface area contributed by atoms with Crippen LogP contribution in [0.3, 0.4) is 0 Å². The zero-order valence-corrected chi connectivity index (χ0v) is 13.8. The van der Waals surface area contributed by atoms with Crippen LogP contribution in [0.4, 0.5) is 0 Å². The van der Waals surface area contributed by atoms with Crippen LogP contribution in [0, 0.1) is 0 Å². The van der Waals surface area contributed by atoms with Crippen LogP contribution in [0.25, 0.3) is 38.4 Å². The second-order valence-electron chi connectivity index (χ2n) is 6.13. The lowest BCUT2D eigenvalue weighted by molar-refractivity contribution is 0.415. The van der Waals surface area contributed by atoms with E-state index in [4.69, 9.17) is 9.84 Å². The zero-order valence-electron chi connectivity index (χ0n) is 13.8. The smallest absolute Gasteiger partial charge is 0.119 e. The molecule has 0 N–H and O–H groups in total. The third-order valence-electron chi connectivity index (χ3n) is 4.68. The van der Waals surface area contributed by atoms with Crippen molar-refractivity contribution in [1.82, 2.24) is 9.61 Å². The van der Waals surface area contributed by atoms with Gasteiger partial charge in [0.25, 0.3) is 0 Å².